The minimum atomic E-state index is 0.593. The van der Waals surface area contributed by atoms with Crippen LogP contribution < -0.4 is 10.5 Å². The van der Waals surface area contributed by atoms with Crippen LogP contribution in [0, 0.1) is 0 Å². The second-order valence-corrected chi connectivity index (χ2v) is 3.93. The maximum absolute atomic E-state index is 10.6. The van der Waals surface area contributed by atoms with Gasteiger partial charge in [-0.1, -0.05) is 11.3 Å². The van der Waals surface area contributed by atoms with Crippen LogP contribution in [-0.4, -0.2) is 13.4 Å². The summed E-state index contributed by atoms with van der Waals surface area (Å²) in [7, 11) is 1.61. The number of rotatable bonds is 2. The van der Waals surface area contributed by atoms with Gasteiger partial charge in [-0.2, -0.15) is 0 Å². The SMILES string of the molecule is COc1cc2cc(C=O)cc(N)c2s1. The molecular weight excluding hydrogens is 198 g/mol. The fourth-order valence-corrected chi connectivity index (χ4v) is 2.23. The first-order chi connectivity index (χ1) is 6.74. The molecule has 2 rings (SSSR count). The number of carbonyl (C=O) groups excluding carboxylic acids is 1. The summed E-state index contributed by atoms with van der Waals surface area (Å²) < 4.78 is 6.07. The molecule has 0 spiro atoms. The van der Waals surface area contributed by atoms with E-state index in [2.05, 4.69) is 0 Å². The van der Waals surface area contributed by atoms with E-state index in [1.807, 2.05) is 6.07 Å². The third-order valence-electron chi connectivity index (χ3n) is 1.98. The number of benzene rings is 1. The zero-order valence-electron chi connectivity index (χ0n) is 7.61. The Kier molecular flexibility index (Phi) is 2.13. The summed E-state index contributed by atoms with van der Waals surface area (Å²) in [5.41, 5.74) is 7.01. The average Bonchev–Trinajstić information content (AvgIpc) is 2.61. The summed E-state index contributed by atoms with van der Waals surface area (Å²) in [6.45, 7) is 0. The normalized spacial score (nSPS) is 10.4. The standard InChI is InChI=1S/C10H9NO2S/c1-13-9-4-7-2-6(5-12)3-8(11)10(7)14-9/h2-5H,11H2,1H3. The summed E-state index contributed by atoms with van der Waals surface area (Å²) in [6, 6.07) is 5.35. The largest absolute Gasteiger partial charge is 0.487 e. The molecule has 0 radical (unpaired) electrons. The van der Waals surface area contributed by atoms with Gasteiger partial charge in [0.15, 0.2) is 5.06 Å². The van der Waals surface area contributed by atoms with Crippen LogP contribution in [0.25, 0.3) is 10.1 Å². The van der Waals surface area contributed by atoms with Crippen molar-refractivity contribution in [2.24, 2.45) is 0 Å². The van der Waals surface area contributed by atoms with Gasteiger partial charge in [0.2, 0.25) is 0 Å². The number of aldehydes is 1. The molecule has 3 nitrogen and oxygen atoms in total. The van der Waals surface area contributed by atoms with E-state index < -0.39 is 0 Å². The molecule has 0 fully saturated rings. The molecule has 0 saturated carbocycles. The monoisotopic (exact) mass is 207 g/mol. The van der Waals surface area contributed by atoms with Crippen molar-refractivity contribution in [1.29, 1.82) is 0 Å². The number of methoxy groups -OCH3 is 1. The van der Waals surface area contributed by atoms with Gasteiger partial charge in [0.25, 0.3) is 0 Å². The van der Waals surface area contributed by atoms with E-state index in [0.717, 1.165) is 21.4 Å². The van der Waals surface area contributed by atoms with Gasteiger partial charge in [-0.25, -0.2) is 0 Å². The lowest BCUT2D eigenvalue weighted by Gasteiger charge is -1.96. The van der Waals surface area contributed by atoms with Gasteiger partial charge >= 0.3 is 0 Å². The Morgan fingerprint density at radius 3 is 2.86 bits per heavy atom. The Morgan fingerprint density at radius 2 is 2.21 bits per heavy atom. The van der Waals surface area contributed by atoms with Crippen LogP contribution >= 0.6 is 11.3 Å². The zero-order valence-corrected chi connectivity index (χ0v) is 8.43. The summed E-state index contributed by atoms with van der Waals surface area (Å²) in [5.74, 6) is 0. The second-order valence-electron chi connectivity index (χ2n) is 2.92. The number of carbonyl (C=O) groups is 1. The zero-order chi connectivity index (χ0) is 10.1. The summed E-state index contributed by atoms with van der Waals surface area (Å²) >= 11 is 1.48. The topological polar surface area (TPSA) is 52.3 Å². The molecule has 0 amide bonds. The van der Waals surface area contributed by atoms with E-state index in [1.165, 1.54) is 11.3 Å². The first-order valence-corrected chi connectivity index (χ1v) is 4.88. The lowest BCUT2D eigenvalue weighted by Crippen LogP contribution is -1.87. The number of hydrogen-bond donors (Lipinski definition) is 1. The highest BCUT2D eigenvalue weighted by Gasteiger charge is 2.06. The number of hydrogen-bond acceptors (Lipinski definition) is 4. The van der Waals surface area contributed by atoms with Crippen molar-refractivity contribution in [1.82, 2.24) is 0 Å². The van der Waals surface area contributed by atoms with Crippen LogP contribution in [-0.2, 0) is 0 Å². The smallest absolute Gasteiger partial charge is 0.174 e. The summed E-state index contributed by atoms with van der Waals surface area (Å²) in [5, 5.41) is 1.75. The molecule has 0 unspecified atom stereocenters. The van der Waals surface area contributed by atoms with E-state index in [4.69, 9.17) is 10.5 Å². The molecule has 1 aromatic heterocycles. The molecule has 4 heteroatoms. The van der Waals surface area contributed by atoms with Crippen LogP contribution in [0.3, 0.4) is 0 Å². The van der Waals surface area contributed by atoms with Gasteiger partial charge in [0, 0.05) is 5.56 Å². The molecule has 1 heterocycles. The Labute approximate surface area is 85.1 Å². The third kappa shape index (κ3) is 1.33. The second kappa shape index (κ2) is 3.31. The highest BCUT2D eigenvalue weighted by Crippen LogP contribution is 2.35. The fraction of sp³-hybridized carbons (Fsp3) is 0.100. The molecule has 0 saturated heterocycles. The molecule has 0 atom stereocenters. The Morgan fingerprint density at radius 1 is 1.43 bits per heavy atom. The molecule has 72 valence electrons. The number of nitrogen functional groups attached to an aromatic ring is 1. The lowest BCUT2D eigenvalue weighted by atomic mass is 10.1. The van der Waals surface area contributed by atoms with E-state index in [1.54, 1.807) is 19.2 Å². The highest BCUT2D eigenvalue weighted by molar-refractivity contribution is 7.21. The summed E-state index contributed by atoms with van der Waals surface area (Å²) in [6.07, 6.45) is 0.792. The minimum absolute atomic E-state index is 0.593. The van der Waals surface area contributed by atoms with E-state index >= 15 is 0 Å². The number of nitrogens with two attached hydrogens (primary N) is 1. The van der Waals surface area contributed by atoms with Crippen LogP contribution in [0.2, 0.25) is 0 Å². The predicted molar refractivity (Wildman–Crippen MR) is 58.2 cm³/mol. The van der Waals surface area contributed by atoms with Crippen molar-refractivity contribution in [2.45, 2.75) is 0 Å². The van der Waals surface area contributed by atoms with Gasteiger partial charge in [-0.05, 0) is 23.6 Å². The maximum atomic E-state index is 10.6. The first kappa shape index (κ1) is 9.02. The average molecular weight is 207 g/mol. The van der Waals surface area contributed by atoms with Crippen molar-refractivity contribution in [3.63, 3.8) is 0 Å². The van der Waals surface area contributed by atoms with Crippen molar-refractivity contribution < 1.29 is 9.53 Å². The molecule has 0 aliphatic carbocycles. The third-order valence-corrected chi connectivity index (χ3v) is 3.14. The van der Waals surface area contributed by atoms with Gasteiger partial charge in [0.1, 0.15) is 6.29 Å². The number of thiophene rings is 1. The summed E-state index contributed by atoms with van der Waals surface area (Å²) in [4.78, 5) is 10.6. The van der Waals surface area contributed by atoms with E-state index in [0.29, 0.717) is 11.3 Å². The van der Waals surface area contributed by atoms with E-state index in [-0.39, 0.29) is 0 Å². The van der Waals surface area contributed by atoms with Gasteiger partial charge in [-0.15, -0.1) is 0 Å². The maximum Gasteiger partial charge on any atom is 0.174 e. The first-order valence-electron chi connectivity index (χ1n) is 4.07. The number of fused-ring (bicyclic) bond motifs is 1. The van der Waals surface area contributed by atoms with Crippen LogP contribution in [0.1, 0.15) is 10.4 Å². The van der Waals surface area contributed by atoms with Gasteiger partial charge in [0.05, 0.1) is 17.5 Å². The van der Waals surface area contributed by atoms with Gasteiger partial charge < -0.3 is 10.5 Å². The van der Waals surface area contributed by atoms with Crippen molar-refractivity contribution in [2.75, 3.05) is 12.8 Å². The quantitative estimate of drug-likeness (QED) is 0.607. The molecule has 14 heavy (non-hydrogen) atoms. The molecule has 2 N–H and O–H groups in total. The van der Waals surface area contributed by atoms with Crippen LogP contribution in [0.4, 0.5) is 5.69 Å². The van der Waals surface area contributed by atoms with E-state index in [9.17, 15) is 4.79 Å². The lowest BCUT2D eigenvalue weighted by molar-refractivity contribution is 0.112. The number of ether oxygens (including phenoxy) is 1. The molecule has 0 aliphatic rings. The molecule has 1 aromatic carbocycles. The minimum Gasteiger partial charge on any atom is -0.487 e. The fourth-order valence-electron chi connectivity index (χ4n) is 1.35. The highest BCUT2D eigenvalue weighted by atomic mass is 32.1. The Balaban J connectivity index is 2.73. The molecule has 0 bridgehead atoms. The Bertz CT molecular complexity index is 490. The van der Waals surface area contributed by atoms with Crippen molar-refractivity contribution >= 4 is 33.4 Å². The molecular formula is C10H9NO2S. The van der Waals surface area contributed by atoms with Gasteiger partial charge in [-0.3, -0.25) is 4.79 Å². The van der Waals surface area contributed by atoms with Crippen LogP contribution in [0.5, 0.6) is 5.06 Å². The van der Waals surface area contributed by atoms with Crippen LogP contribution in [0.15, 0.2) is 18.2 Å². The molecule has 2 aromatic rings. The van der Waals surface area contributed by atoms with Crippen molar-refractivity contribution in [3.05, 3.63) is 23.8 Å². The Hall–Kier alpha value is -1.55. The van der Waals surface area contributed by atoms with Crippen molar-refractivity contribution in [3.8, 4) is 5.06 Å². The molecule has 0 aliphatic heterocycles. The number of anilines is 1. The predicted octanol–water partition coefficient (Wildman–Crippen LogP) is 2.30.